The van der Waals surface area contributed by atoms with E-state index in [2.05, 4.69) is 10.2 Å². The van der Waals surface area contributed by atoms with Gasteiger partial charge in [-0.05, 0) is 24.6 Å². The fourth-order valence-corrected chi connectivity index (χ4v) is 0.253. The van der Waals surface area contributed by atoms with E-state index in [9.17, 15) is 0 Å². The third kappa shape index (κ3) is 7.43. The standard InChI is InChI=1S/C4H4N2.C2H6S/c1-2-4-6-5-3-1;1-3-2/h1-4H;1-2H3. The molecular weight excluding hydrogens is 132 g/mol. The highest BCUT2D eigenvalue weighted by atomic mass is 32.2. The van der Waals surface area contributed by atoms with Gasteiger partial charge in [-0.15, -0.1) is 0 Å². The molecule has 0 atom stereocenters. The van der Waals surface area contributed by atoms with Crippen LogP contribution < -0.4 is 0 Å². The van der Waals surface area contributed by atoms with Crippen LogP contribution in [0.25, 0.3) is 0 Å². The van der Waals surface area contributed by atoms with Gasteiger partial charge in [0, 0.05) is 12.4 Å². The Kier molecular flexibility index (Phi) is 6.96. The van der Waals surface area contributed by atoms with Crippen LogP contribution in [0.15, 0.2) is 24.5 Å². The second-order valence-corrected chi connectivity index (χ2v) is 2.14. The Bertz CT molecular complexity index is 93.9. The van der Waals surface area contributed by atoms with Gasteiger partial charge in [0.05, 0.1) is 0 Å². The summed E-state index contributed by atoms with van der Waals surface area (Å²) in [5.74, 6) is 0. The molecule has 1 aromatic rings. The zero-order chi connectivity index (χ0) is 6.95. The van der Waals surface area contributed by atoms with E-state index in [4.69, 9.17) is 0 Å². The maximum atomic E-state index is 3.53. The van der Waals surface area contributed by atoms with Crippen molar-refractivity contribution in [2.45, 2.75) is 0 Å². The van der Waals surface area contributed by atoms with Gasteiger partial charge in [-0.2, -0.15) is 22.0 Å². The number of hydrogen-bond donors (Lipinski definition) is 0. The van der Waals surface area contributed by atoms with Crippen LogP contribution in [0.5, 0.6) is 0 Å². The van der Waals surface area contributed by atoms with E-state index < -0.39 is 0 Å². The van der Waals surface area contributed by atoms with Gasteiger partial charge in [-0.3, -0.25) is 0 Å². The molecule has 1 aromatic heterocycles. The fraction of sp³-hybridized carbons (Fsp3) is 0.333. The Morgan fingerprint density at radius 2 is 1.33 bits per heavy atom. The molecule has 0 radical (unpaired) electrons. The summed E-state index contributed by atoms with van der Waals surface area (Å²) >= 11 is 1.75. The Labute approximate surface area is 59.7 Å². The van der Waals surface area contributed by atoms with Gasteiger partial charge >= 0.3 is 0 Å². The number of nitrogens with zero attached hydrogens (tertiary/aromatic N) is 2. The van der Waals surface area contributed by atoms with Gasteiger partial charge < -0.3 is 0 Å². The van der Waals surface area contributed by atoms with Gasteiger partial charge in [0.25, 0.3) is 0 Å². The quantitative estimate of drug-likeness (QED) is 0.548. The van der Waals surface area contributed by atoms with Crippen LogP contribution in [-0.2, 0) is 0 Å². The van der Waals surface area contributed by atoms with Crippen molar-refractivity contribution in [3.63, 3.8) is 0 Å². The topological polar surface area (TPSA) is 25.8 Å². The van der Waals surface area contributed by atoms with E-state index in [1.165, 1.54) is 0 Å². The summed E-state index contributed by atoms with van der Waals surface area (Å²) in [4.78, 5) is 0. The van der Waals surface area contributed by atoms with Crippen LogP contribution in [0.2, 0.25) is 0 Å². The molecule has 0 aromatic carbocycles. The maximum Gasteiger partial charge on any atom is 0.0496 e. The molecule has 3 heteroatoms. The van der Waals surface area contributed by atoms with Gasteiger partial charge in [-0.25, -0.2) is 0 Å². The highest BCUT2D eigenvalue weighted by Crippen LogP contribution is 1.70. The minimum atomic E-state index is 1.64. The SMILES string of the molecule is CSC.c1ccnnc1. The summed E-state index contributed by atoms with van der Waals surface area (Å²) in [5.41, 5.74) is 0. The molecule has 0 aliphatic carbocycles. The van der Waals surface area contributed by atoms with E-state index >= 15 is 0 Å². The number of hydrogen-bond acceptors (Lipinski definition) is 3. The molecule has 0 unspecified atom stereocenters. The first-order chi connectivity index (χ1) is 4.41. The lowest BCUT2D eigenvalue weighted by Gasteiger charge is -1.69. The summed E-state index contributed by atoms with van der Waals surface area (Å²) in [7, 11) is 0. The number of thioether (sulfide) groups is 1. The first-order valence-corrected chi connectivity index (χ1v) is 4.17. The Hall–Kier alpha value is -0.570. The Morgan fingerprint density at radius 1 is 1.00 bits per heavy atom. The molecule has 0 aliphatic heterocycles. The molecule has 0 amide bonds. The minimum Gasteiger partial charge on any atom is -0.169 e. The smallest absolute Gasteiger partial charge is 0.0496 e. The molecule has 0 fully saturated rings. The first-order valence-electron chi connectivity index (χ1n) is 2.53. The monoisotopic (exact) mass is 142 g/mol. The number of rotatable bonds is 0. The second kappa shape index (κ2) is 7.43. The zero-order valence-electron chi connectivity index (χ0n) is 5.61. The third-order valence-electron chi connectivity index (χ3n) is 0.483. The van der Waals surface area contributed by atoms with Crippen LogP contribution in [0.3, 0.4) is 0 Å². The van der Waals surface area contributed by atoms with Gasteiger partial charge in [0.2, 0.25) is 0 Å². The molecule has 0 bridgehead atoms. The zero-order valence-corrected chi connectivity index (χ0v) is 6.43. The molecule has 0 saturated heterocycles. The minimum absolute atomic E-state index is 1.64. The summed E-state index contributed by atoms with van der Waals surface area (Å²) < 4.78 is 0. The Morgan fingerprint density at radius 3 is 1.44 bits per heavy atom. The van der Waals surface area contributed by atoms with Crippen molar-refractivity contribution in [1.29, 1.82) is 0 Å². The van der Waals surface area contributed by atoms with Crippen molar-refractivity contribution >= 4 is 11.8 Å². The lowest BCUT2D eigenvalue weighted by Crippen LogP contribution is -1.69. The van der Waals surface area contributed by atoms with Crippen molar-refractivity contribution in [2.75, 3.05) is 12.5 Å². The second-order valence-electron chi connectivity index (χ2n) is 1.32. The van der Waals surface area contributed by atoms with Crippen molar-refractivity contribution in [2.24, 2.45) is 0 Å². The summed E-state index contributed by atoms with van der Waals surface area (Å²) in [6, 6.07) is 3.65. The molecule has 0 aliphatic rings. The van der Waals surface area contributed by atoms with E-state index in [-0.39, 0.29) is 0 Å². The average Bonchev–Trinajstić information content (AvgIpc) is 1.93. The van der Waals surface area contributed by atoms with E-state index in [1.807, 2.05) is 24.6 Å². The summed E-state index contributed by atoms with van der Waals surface area (Å²) in [5, 5.41) is 7.07. The van der Waals surface area contributed by atoms with Crippen molar-refractivity contribution < 1.29 is 0 Å². The molecular formula is C6H10N2S. The van der Waals surface area contributed by atoms with Crippen LogP contribution in [0, 0.1) is 0 Å². The van der Waals surface area contributed by atoms with Gasteiger partial charge in [0.15, 0.2) is 0 Å². The average molecular weight is 142 g/mol. The molecule has 1 rings (SSSR count). The van der Waals surface area contributed by atoms with Crippen LogP contribution in [0.1, 0.15) is 0 Å². The van der Waals surface area contributed by atoms with Crippen molar-refractivity contribution in [3.05, 3.63) is 24.5 Å². The van der Waals surface area contributed by atoms with Gasteiger partial charge in [-0.1, -0.05) is 0 Å². The van der Waals surface area contributed by atoms with E-state index in [1.54, 1.807) is 24.2 Å². The molecule has 1 heterocycles. The van der Waals surface area contributed by atoms with Crippen LogP contribution in [0.4, 0.5) is 0 Å². The lowest BCUT2D eigenvalue weighted by molar-refractivity contribution is 1.03. The molecule has 0 saturated carbocycles. The predicted molar refractivity (Wildman–Crippen MR) is 41.5 cm³/mol. The van der Waals surface area contributed by atoms with Crippen molar-refractivity contribution in [1.82, 2.24) is 10.2 Å². The third-order valence-corrected chi connectivity index (χ3v) is 0.483. The molecule has 9 heavy (non-hydrogen) atoms. The molecule has 2 nitrogen and oxygen atoms in total. The van der Waals surface area contributed by atoms with Crippen molar-refractivity contribution in [3.8, 4) is 0 Å². The van der Waals surface area contributed by atoms with Gasteiger partial charge in [0.1, 0.15) is 0 Å². The summed E-state index contributed by atoms with van der Waals surface area (Å²) in [6.07, 6.45) is 7.36. The fourth-order valence-electron chi connectivity index (χ4n) is 0.253. The van der Waals surface area contributed by atoms with E-state index in [0.29, 0.717) is 0 Å². The molecule has 0 spiro atoms. The number of aromatic nitrogens is 2. The highest BCUT2D eigenvalue weighted by molar-refractivity contribution is 7.97. The van der Waals surface area contributed by atoms with Crippen LogP contribution in [-0.4, -0.2) is 22.7 Å². The molecule has 0 N–H and O–H groups in total. The predicted octanol–water partition coefficient (Wildman–Crippen LogP) is 1.46. The molecule has 50 valence electrons. The van der Waals surface area contributed by atoms with E-state index in [0.717, 1.165) is 0 Å². The first kappa shape index (κ1) is 8.43. The summed E-state index contributed by atoms with van der Waals surface area (Å²) in [6.45, 7) is 0. The highest BCUT2D eigenvalue weighted by Gasteiger charge is 1.59. The largest absolute Gasteiger partial charge is 0.169 e. The Balaban J connectivity index is 0.000000187. The maximum absolute atomic E-state index is 3.53. The lowest BCUT2D eigenvalue weighted by atomic mass is 10.6. The normalized spacial score (nSPS) is 7.33. The van der Waals surface area contributed by atoms with Crippen LogP contribution >= 0.6 is 11.8 Å².